The van der Waals surface area contributed by atoms with Crippen LogP contribution in [0.15, 0.2) is 66.7 Å². The number of rotatable bonds is 10. The van der Waals surface area contributed by atoms with Gasteiger partial charge < -0.3 is 14.6 Å². The van der Waals surface area contributed by atoms with Gasteiger partial charge in [0, 0.05) is 29.4 Å². The molecule has 1 heterocycles. The molecule has 0 saturated carbocycles. The number of methoxy groups -OCH3 is 1. The zero-order chi connectivity index (χ0) is 19.8. The van der Waals surface area contributed by atoms with Crippen LogP contribution >= 0.6 is 11.3 Å². The van der Waals surface area contributed by atoms with Crippen LogP contribution in [-0.2, 0) is 13.1 Å². The maximum atomic E-state index is 10.6. The molecule has 0 aliphatic rings. The van der Waals surface area contributed by atoms with Crippen molar-refractivity contribution in [1.29, 1.82) is 0 Å². The second kappa shape index (κ2) is 10.3. The van der Waals surface area contributed by atoms with E-state index in [2.05, 4.69) is 36.1 Å². The summed E-state index contributed by atoms with van der Waals surface area (Å²) in [4.78, 5) is 4.87. The van der Waals surface area contributed by atoms with Crippen molar-refractivity contribution in [2.24, 2.45) is 0 Å². The Hall–Kier alpha value is -2.34. The third kappa shape index (κ3) is 6.37. The molecule has 1 aromatic heterocycles. The van der Waals surface area contributed by atoms with Gasteiger partial charge in [-0.2, -0.15) is 0 Å². The third-order valence-corrected chi connectivity index (χ3v) is 5.38. The lowest BCUT2D eigenvalue weighted by Gasteiger charge is -2.25. The van der Waals surface area contributed by atoms with Gasteiger partial charge in [0.25, 0.3) is 0 Å². The van der Waals surface area contributed by atoms with Crippen molar-refractivity contribution in [3.05, 3.63) is 82.0 Å². The first-order valence-electron chi connectivity index (χ1n) is 9.39. The number of ether oxygens (including phenoxy) is 2. The largest absolute Gasteiger partial charge is 0.497 e. The van der Waals surface area contributed by atoms with Crippen LogP contribution in [0, 0.1) is 6.92 Å². The van der Waals surface area contributed by atoms with E-state index in [9.17, 15) is 5.11 Å². The van der Waals surface area contributed by atoms with Crippen LogP contribution in [-0.4, -0.2) is 36.4 Å². The number of benzene rings is 2. The van der Waals surface area contributed by atoms with E-state index < -0.39 is 6.10 Å². The van der Waals surface area contributed by atoms with Gasteiger partial charge in [0.05, 0.1) is 7.11 Å². The maximum absolute atomic E-state index is 10.6. The Morgan fingerprint density at radius 1 is 0.929 bits per heavy atom. The number of aryl methyl sites for hydroxylation is 1. The summed E-state index contributed by atoms with van der Waals surface area (Å²) in [7, 11) is 1.63. The van der Waals surface area contributed by atoms with E-state index in [4.69, 9.17) is 9.47 Å². The standard InChI is InChI=1S/C23H27NO3S/c1-18-8-13-23(28-18)16-24(14-19-6-4-3-5-7-19)15-20(25)17-27-22-11-9-21(26-2)10-12-22/h3-13,20,25H,14-17H2,1-2H3/t20-/m0/s1. The van der Waals surface area contributed by atoms with Gasteiger partial charge in [-0.15, -0.1) is 11.3 Å². The monoisotopic (exact) mass is 397 g/mol. The van der Waals surface area contributed by atoms with Gasteiger partial charge in [0.2, 0.25) is 0 Å². The van der Waals surface area contributed by atoms with Crippen LogP contribution in [0.5, 0.6) is 11.5 Å². The van der Waals surface area contributed by atoms with Crippen LogP contribution in [0.1, 0.15) is 15.3 Å². The fourth-order valence-electron chi connectivity index (χ4n) is 3.03. The summed E-state index contributed by atoms with van der Waals surface area (Å²) in [5.74, 6) is 1.51. The van der Waals surface area contributed by atoms with E-state index in [1.54, 1.807) is 18.4 Å². The number of aliphatic hydroxyl groups is 1. The summed E-state index contributed by atoms with van der Waals surface area (Å²) in [6, 6.07) is 22.1. The van der Waals surface area contributed by atoms with E-state index in [0.717, 1.165) is 24.6 Å². The minimum atomic E-state index is -0.577. The summed E-state index contributed by atoms with van der Waals surface area (Å²) >= 11 is 1.80. The van der Waals surface area contributed by atoms with Crippen molar-refractivity contribution < 1.29 is 14.6 Å². The Labute approximate surface area is 171 Å². The van der Waals surface area contributed by atoms with Crippen LogP contribution in [0.4, 0.5) is 0 Å². The molecule has 28 heavy (non-hydrogen) atoms. The number of thiophene rings is 1. The summed E-state index contributed by atoms with van der Waals surface area (Å²) in [6.45, 7) is 4.51. The molecule has 0 bridgehead atoms. The quantitative estimate of drug-likeness (QED) is 0.547. The van der Waals surface area contributed by atoms with Crippen LogP contribution < -0.4 is 9.47 Å². The first-order chi connectivity index (χ1) is 13.6. The van der Waals surface area contributed by atoms with E-state index in [1.165, 1.54) is 15.3 Å². The molecule has 3 rings (SSSR count). The van der Waals surface area contributed by atoms with Gasteiger partial charge in [-0.25, -0.2) is 0 Å². The van der Waals surface area contributed by atoms with E-state index in [0.29, 0.717) is 6.54 Å². The highest BCUT2D eigenvalue weighted by Crippen LogP contribution is 2.20. The summed E-state index contributed by atoms with van der Waals surface area (Å²) < 4.78 is 10.9. The van der Waals surface area contributed by atoms with Crippen molar-refractivity contribution in [1.82, 2.24) is 4.90 Å². The lowest BCUT2D eigenvalue weighted by molar-refractivity contribution is 0.0632. The Morgan fingerprint density at radius 2 is 1.64 bits per heavy atom. The molecule has 148 valence electrons. The van der Waals surface area contributed by atoms with Crippen molar-refractivity contribution in [2.45, 2.75) is 26.1 Å². The van der Waals surface area contributed by atoms with Gasteiger partial charge in [0.15, 0.2) is 0 Å². The predicted molar refractivity (Wildman–Crippen MR) is 114 cm³/mol. The normalized spacial score (nSPS) is 12.1. The maximum Gasteiger partial charge on any atom is 0.119 e. The SMILES string of the molecule is COc1ccc(OC[C@@H](O)CN(Cc2ccccc2)Cc2ccc(C)s2)cc1. The van der Waals surface area contributed by atoms with Crippen LogP contribution in [0.3, 0.4) is 0 Å². The minimum absolute atomic E-state index is 0.251. The second-order valence-corrected chi connectivity index (χ2v) is 8.18. The van der Waals surface area contributed by atoms with E-state index >= 15 is 0 Å². The lowest BCUT2D eigenvalue weighted by atomic mass is 10.2. The summed E-state index contributed by atoms with van der Waals surface area (Å²) in [6.07, 6.45) is -0.577. The molecule has 4 nitrogen and oxygen atoms in total. The molecule has 0 aliphatic carbocycles. The number of hydrogen-bond acceptors (Lipinski definition) is 5. The summed E-state index contributed by atoms with van der Waals surface area (Å²) in [5, 5.41) is 10.6. The highest BCUT2D eigenvalue weighted by atomic mass is 32.1. The molecule has 0 saturated heterocycles. The molecule has 3 aromatic rings. The highest BCUT2D eigenvalue weighted by molar-refractivity contribution is 7.11. The van der Waals surface area contributed by atoms with Gasteiger partial charge in [-0.3, -0.25) is 4.90 Å². The average Bonchev–Trinajstić information content (AvgIpc) is 3.12. The second-order valence-electron chi connectivity index (χ2n) is 6.81. The Balaban J connectivity index is 1.58. The molecule has 0 spiro atoms. The minimum Gasteiger partial charge on any atom is -0.497 e. The Bertz CT molecular complexity index is 833. The van der Waals surface area contributed by atoms with E-state index in [1.807, 2.05) is 42.5 Å². The fraction of sp³-hybridized carbons (Fsp3) is 0.304. The van der Waals surface area contributed by atoms with Gasteiger partial charge in [0.1, 0.15) is 24.2 Å². The molecule has 0 amide bonds. The first kappa shape index (κ1) is 20.4. The molecular formula is C23H27NO3S. The van der Waals surface area contributed by atoms with Crippen molar-refractivity contribution in [3.8, 4) is 11.5 Å². The molecule has 0 radical (unpaired) electrons. The van der Waals surface area contributed by atoms with Crippen LogP contribution in [0.2, 0.25) is 0 Å². The van der Waals surface area contributed by atoms with E-state index in [-0.39, 0.29) is 6.61 Å². The van der Waals surface area contributed by atoms with Gasteiger partial charge in [-0.1, -0.05) is 30.3 Å². The van der Waals surface area contributed by atoms with Gasteiger partial charge in [-0.05, 0) is 48.9 Å². The molecule has 1 N–H and O–H groups in total. The van der Waals surface area contributed by atoms with Crippen molar-refractivity contribution >= 4 is 11.3 Å². The third-order valence-electron chi connectivity index (χ3n) is 4.40. The number of aliphatic hydroxyl groups excluding tert-OH is 1. The Morgan fingerprint density at radius 3 is 2.29 bits per heavy atom. The number of nitrogens with zero attached hydrogens (tertiary/aromatic N) is 1. The molecular weight excluding hydrogens is 370 g/mol. The van der Waals surface area contributed by atoms with Gasteiger partial charge >= 0.3 is 0 Å². The fourth-order valence-corrected chi connectivity index (χ4v) is 3.97. The average molecular weight is 398 g/mol. The number of hydrogen-bond donors (Lipinski definition) is 1. The molecule has 0 fully saturated rings. The Kier molecular flexibility index (Phi) is 7.48. The zero-order valence-electron chi connectivity index (χ0n) is 16.4. The van der Waals surface area contributed by atoms with Crippen molar-refractivity contribution in [3.63, 3.8) is 0 Å². The van der Waals surface area contributed by atoms with Crippen molar-refractivity contribution in [2.75, 3.05) is 20.3 Å². The van der Waals surface area contributed by atoms with Crippen LogP contribution in [0.25, 0.3) is 0 Å². The lowest BCUT2D eigenvalue weighted by Crippen LogP contribution is -2.34. The predicted octanol–water partition coefficient (Wildman–Crippen LogP) is 4.51. The zero-order valence-corrected chi connectivity index (χ0v) is 17.2. The molecule has 0 aliphatic heterocycles. The topological polar surface area (TPSA) is 41.9 Å². The first-order valence-corrected chi connectivity index (χ1v) is 10.2. The molecule has 2 aromatic carbocycles. The smallest absolute Gasteiger partial charge is 0.119 e. The molecule has 5 heteroatoms. The summed E-state index contributed by atoms with van der Waals surface area (Å²) in [5.41, 5.74) is 1.24. The highest BCUT2D eigenvalue weighted by Gasteiger charge is 2.15. The molecule has 1 atom stereocenters. The molecule has 0 unspecified atom stereocenters.